The molecule has 0 saturated carbocycles. The van der Waals surface area contributed by atoms with Crippen LogP contribution in [0.4, 0.5) is 5.69 Å². The fourth-order valence-electron chi connectivity index (χ4n) is 3.06. The van der Waals surface area contributed by atoms with Crippen LogP contribution < -0.4 is 9.46 Å². The molecule has 2 aromatic carbocycles. The Morgan fingerprint density at radius 2 is 1.85 bits per heavy atom. The van der Waals surface area contributed by atoms with E-state index in [-0.39, 0.29) is 16.4 Å². The van der Waals surface area contributed by atoms with Crippen LogP contribution in [0.5, 0.6) is 5.75 Å². The van der Waals surface area contributed by atoms with Crippen LogP contribution in [0.15, 0.2) is 41.3 Å². The minimum atomic E-state index is -3.83. The Morgan fingerprint density at radius 1 is 1.15 bits per heavy atom. The van der Waals surface area contributed by atoms with Gasteiger partial charge in [-0.1, -0.05) is 0 Å². The first-order valence-corrected chi connectivity index (χ1v) is 11.1. The zero-order valence-electron chi connectivity index (χ0n) is 15.2. The SMILES string of the molecule is COc1ccc(S(=O)(=O)Nc2ccc(I)cc2C)cc1C(=O)N1CCCC1. The summed E-state index contributed by atoms with van der Waals surface area (Å²) in [7, 11) is -2.36. The van der Waals surface area contributed by atoms with Gasteiger partial charge in [0.15, 0.2) is 0 Å². The molecule has 0 radical (unpaired) electrons. The van der Waals surface area contributed by atoms with E-state index in [2.05, 4.69) is 27.3 Å². The van der Waals surface area contributed by atoms with Crippen LogP contribution in [0.1, 0.15) is 28.8 Å². The molecule has 6 nitrogen and oxygen atoms in total. The van der Waals surface area contributed by atoms with Crippen molar-refractivity contribution in [2.24, 2.45) is 0 Å². The molecule has 2 aromatic rings. The van der Waals surface area contributed by atoms with Crippen molar-refractivity contribution in [1.29, 1.82) is 0 Å². The minimum absolute atomic E-state index is 0.0313. The van der Waals surface area contributed by atoms with Gasteiger partial charge in [0.1, 0.15) is 5.75 Å². The first kappa shape index (κ1) is 19.9. The lowest BCUT2D eigenvalue weighted by Gasteiger charge is -2.18. The summed E-state index contributed by atoms with van der Waals surface area (Å²) in [6, 6.07) is 9.83. The second-order valence-electron chi connectivity index (χ2n) is 6.43. The number of anilines is 1. The van der Waals surface area contributed by atoms with E-state index in [4.69, 9.17) is 4.74 Å². The minimum Gasteiger partial charge on any atom is -0.496 e. The molecule has 0 spiro atoms. The van der Waals surface area contributed by atoms with Crippen LogP contribution >= 0.6 is 22.6 Å². The topological polar surface area (TPSA) is 75.7 Å². The molecule has 0 unspecified atom stereocenters. The summed E-state index contributed by atoms with van der Waals surface area (Å²) in [6.07, 6.45) is 1.92. The standard InChI is InChI=1S/C19H21IN2O4S/c1-13-11-14(20)5-7-17(13)21-27(24,25)15-6-8-18(26-2)16(12-15)19(23)22-9-3-4-10-22/h5-8,11-12,21H,3-4,9-10H2,1-2H3. The Labute approximate surface area is 173 Å². The van der Waals surface area contributed by atoms with Crippen LogP contribution in [0.25, 0.3) is 0 Å². The van der Waals surface area contributed by atoms with Gasteiger partial charge in [-0.2, -0.15) is 0 Å². The van der Waals surface area contributed by atoms with Gasteiger partial charge >= 0.3 is 0 Å². The lowest BCUT2D eigenvalue weighted by molar-refractivity contribution is 0.0789. The highest BCUT2D eigenvalue weighted by Crippen LogP contribution is 2.27. The van der Waals surface area contributed by atoms with Crippen molar-refractivity contribution in [1.82, 2.24) is 4.90 Å². The van der Waals surface area contributed by atoms with Crippen molar-refractivity contribution in [2.75, 3.05) is 24.9 Å². The zero-order chi connectivity index (χ0) is 19.6. The van der Waals surface area contributed by atoms with Gasteiger partial charge in [0.05, 0.1) is 23.3 Å². The highest BCUT2D eigenvalue weighted by Gasteiger charge is 2.25. The summed E-state index contributed by atoms with van der Waals surface area (Å²) >= 11 is 2.18. The molecular weight excluding hydrogens is 479 g/mol. The molecule has 1 fully saturated rings. The second-order valence-corrected chi connectivity index (χ2v) is 9.35. The van der Waals surface area contributed by atoms with Crippen molar-refractivity contribution in [3.05, 3.63) is 51.1 Å². The fourth-order valence-corrected chi connectivity index (χ4v) is 4.86. The van der Waals surface area contributed by atoms with E-state index in [1.54, 1.807) is 11.0 Å². The molecule has 1 heterocycles. The van der Waals surface area contributed by atoms with Gasteiger partial charge in [-0.15, -0.1) is 0 Å². The molecule has 0 bridgehead atoms. The van der Waals surface area contributed by atoms with Gasteiger partial charge in [0, 0.05) is 16.7 Å². The first-order chi connectivity index (χ1) is 12.8. The number of ether oxygens (including phenoxy) is 1. The fraction of sp³-hybridized carbons (Fsp3) is 0.316. The summed E-state index contributed by atoms with van der Waals surface area (Å²) in [4.78, 5) is 14.5. The summed E-state index contributed by atoms with van der Waals surface area (Å²) in [5.74, 6) is 0.170. The maximum Gasteiger partial charge on any atom is 0.261 e. The number of likely N-dealkylation sites (tertiary alicyclic amines) is 1. The Hall–Kier alpha value is -1.81. The number of hydrogen-bond donors (Lipinski definition) is 1. The van der Waals surface area contributed by atoms with E-state index >= 15 is 0 Å². The number of hydrogen-bond acceptors (Lipinski definition) is 4. The van der Waals surface area contributed by atoms with Gasteiger partial charge in [-0.3, -0.25) is 9.52 Å². The Bertz CT molecular complexity index is 970. The molecule has 1 saturated heterocycles. The number of nitrogens with one attached hydrogen (secondary N) is 1. The van der Waals surface area contributed by atoms with Crippen molar-refractivity contribution >= 4 is 44.2 Å². The number of benzene rings is 2. The largest absolute Gasteiger partial charge is 0.496 e. The number of carbonyl (C=O) groups excluding carboxylic acids is 1. The smallest absolute Gasteiger partial charge is 0.261 e. The molecule has 1 aliphatic heterocycles. The van der Waals surface area contributed by atoms with Crippen LogP contribution in [0.2, 0.25) is 0 Å². The Kier molecular flexibility index (Phi) is 5.95. The average molecular weight is 500 g/mol. The number of carbonyl (C=O) groups is 1. The Morgan fingerprint density at radius 3 is 2.48 bits per heavy atom. The van der Waals surface area contributed by atoms with E-state index in [9.17, 15) is 13.2 Å². The molecule has 1 aliphatic rings. The van der Waals surface area contributed by atoms with Crippen LogP contribution in [0.3, 0.4) is 0 Å². The van der Waals surface area contributed by atoms with E-state index < -0.39 is 10.0 Å². The monoisotopic (exact) mass is 500 g/mol. The van der Waals surface area contributed by atoms with Gasteiger partial charge in [-0.25, -0.2) is 8.42 Å². The molecule has 0 aromatic heterocycles. The van der Waals surface area contributed by atoms with Gasteiger partial charge < -0.3 is 9.64 Å². The lowest BCUT2D eigenvalue weighted by atomic mass is 10.1. The third kappa shape index (κ3) is 4.37. The van der Waals surface area contributed by atoms with E-state index in [1.807, 2.05) is 19.1 Å². The van der Waals surface area contributed by atoms with Crippen molar-refractivity contribution in [2.45, 2.75) is 24.7 Å². The van der Waals surface area contributed by atoms with Crippen LogP contribution in [0, 0.1) is 10.5 Å². The molecule has 1 N–H and O–H groups in total. The number of halogens is 1. The number of sulfonamides is 1. The maximum absolute atomic E-state index is 12.9. The number of rotatable bonds is 5. The van der Waals surface area contributed by atoms with Crippen molar-refractivity contribution in [3.8, 4) is 5.75 Å². The Balaban J connectivity index is 1.95. The van der Waals surface area contributed by atoms with Gasteiger partial charge in [0.25, 0.3) is 15.9 Å². The predicted octanol–water partition coefficient (Wildman–Crippen LogP) is 3.65. The molecule has 0 aliphatic carbocycles. The highest BCUT2D eigenvalue weighted by molar-refractivity contribution is 14.1. The third-order valence-corrected chi connectivity index (χ3v) is 6.57. The summed E-state index contributed by atoms with van der Waals surface area (Å²) in [6.45, 7) is 3.20. The summed E-state index contributed by atoms with van der Waals surface area (Å²) < 4.78 is 34.6. The normalized spacial score (nSPS) is 14.3. The number of methoxy groups -OCH3 is 1. The van der Waals surface area contributed by atoms with Gasteiger partial charge in [0.2, 0.25) is 0 Å². The van der Waals surface area contributed by atoms with Gasteiger partial charge in [-0.05, 0) is 84.3 Å². The molecule has 0 atom stereocenters. The molecule has 1 amide bonds. The molecule has 27 heavy (non-hydrogen) atoms. The quantitative estimate of drug-likeness (QED) is 0.637. The van der Waals surface area contributed by atoms with Crippen LogP contribution in [-0.2, 0) is 10.0 Å². The lowest BCUT2D eigenvalue weighted by Crippen LogP contribution is -2.28. The molecular formula is C19H21IN2O4S. The maximum atomic E-state index is 12.9. The summed E-state index contributed by atoms with van der Waals surface area (Å²) in [5.41, 5.74) is 1.60. The van der Waals surface area contributed by atoms with Crippen molar-refractivity contribution in [3.63, 3.8) is 0 Å². The number of amides is 1. The first-order valence-electron chi connectivity index (χ1n) is 8.58. The number of aryl methyl sites for hydroxylation is 1. The molecule has 144 valence electrons. The van der Waals surface area contributed by atoms with E-state index in [0.29, 0.717) is 24.5 Å². The average Bonchev–Trinajstić information content (AvgIpc) is 3.17. The number of nitrogens with zero attached hydrogens (tertiary/aromatic N) is 1. The van der Waals surface area contributed by atoms with E-state index in [0.717, 1.165) is 22.0 Å². The predicted molar refractivity (Wildman–Crippen MR) is 113 cm³/mol. The second kappa shape index (κ2) is 8.05. The molecule has 8 heteroatoms. The van der Waals surface area contributed by atoms with Crippen LogP contribution in [-0.4, -0.2) is 39.4 Å². The zero-order valence-corrected chi connectivity index (χ0v) is 18.1. The highest BCUT2D eigenvalue weighted by atomic mass is 127. The van der Waals surface area contributed by atoms with E-state index in [1.165, 1.54) is 25.3 Å². The third-order valence-electron chi connectivity index (χ3n) is 4.54. The van der Waals surface area contributed by atoms with Crippen molar-refractivity contribution < 1.29 is 17.9 Å². The summed E-state index contributed by atoms with van der Waals surface area (Å²) in [5, 5.41) is 0. The molecule has 3 rings (SSSR count).